The lowest BCUT2D eigenvalue weighted by Gasteiger charge is -2.39. The van der Waals surface area contributed by atoms with Gasteiger partial charge in [-0.3, -0.25) is 4.79 Å². The Bertz CT molecular complexity index is 516. The van der Waals surface area contributed by atoms with Crippen molar-refractivity contribution in [2.75, 3.05) is 33.3 Å². The molecule has 4 nitrogen and oxygen atoms in total. The van der Waals surface area contributed by atoms with Crippen LogP contribution in [0.1, 0.15) is 37.7 Å². The number of nitrogens with one attached hydrogen (secondary N) is 1. The van der Waals surface area contributed by atoms with Gasteiger partial charge in [0.1, 0.15) is 5.75 Å². The molecule has 0 bridgehead atoms. The third-order valence-corrected chi connectivity index (χ3v) is 5.45. The molecule has 2 heterocycles. The average molecular weight is 339 g/mol. The smallest absolute Gasteiger partial charge is 0.229 e. The minimum Gasteiger partial charge on any atom is -0.497 e. The number of piperidine rings is 1. The molecule has 2 aliphatic heterocycles. The molecule has 0 radical (unpaired) electrons. The second-order valence-electron chi connectivity index (χ2n) is 6.75. The SMILES string of the molecule is COc1ccc(C(C)C(=O)N2CCC3(CCNC3)CC2)cc1.Cl. The Labute approximate surface area is 145 Å². The van der Waals surface area contributed by atoms with Gasteiger partial charge in [-0.2, -0.15) is 0 Å². The average Bonchev–Trinajstić information content (AvgIpc) is 3.02. The zero-order valence-corrected chi connectivity index (χ0v) is 14.8. The van der Waals surface area contributed by atoms with Gasteiger partial charge in [0.25, 0.3) is 0 Å². The molecule has 1 unspecified atom stereocenters. The Kier molecular flexibility index (Phi) is 5.93. The van der Waals surface area contributed by atoms with Crippen LogP contribution in [0.5, 0.6) is 5.75 Å². The third-order valence-electron chi connectivity index (χ3n) is 5.45. The second kappa shape index (κ2) is 7.54. The van der Waals surface area contributed by atoms with Crippen LogP contribution in [-0.4, -0.2) is 44.1 Å². The van der Waals surface area contributed by atoms with Gasteiger partial charge in [-0.1, -0.05) is 12.1 Å². The van der Waals surface area contributed by atoms with E-state index in [0.29, 0.717) is 5.41 Å². The molecule has 3 rings (SSSR count). The lowest BCUT2D eigenvalue weighted by Crippen LogP contribution is -2.45. The summed E-state index contributed by atoms with van der Waals surface area (Å²) in [6, 6.07) is 7.84. The Morgan fingerprint density at radius 2 is 1.87 bits per heavy atom. The van der Waals surface area contributed by atoms with Gasteiger partial charge in [0, 0.05) is 19.6 Å². The summed E-state index contributed by atoms with van der Waals surface area (Å²) in [5.74, 6) is 1.00. The van der Waals surface area contributed by atoms with Crippen LogP contribution >= 0.6 is 12.4 Å². The fourth-order valence-corrected chi connectivity index (χ4v) is 3.73. The number of amides is 1. The molecule has 23 heavy (non-hydrogen) atoms. The second-order valence-corrected chi connectivity index (χ2v) is 6.75. The molecule has 2 aliphatic rings. The summed E-state index contributed by atoms with van der Waals surface area (Å²) in [6.45, 7) is 6.08. The number of halogens is 1. The predicted molar refractivity (Wildman–Crippen MR) is 94.4 cm³/mol. The Morgan fingerprint density at radius 1 is 1.22 bits per heavy atom. The van der Waals surface area contributed by atoms with Gasteiger partial charge < -0.3 is 15.0 Å². The molecule has 2 fully saturated rings. The first-order chi connectivity index (χ1) is 10.6. The van der Waals surface area contributed by atoms with Crippen LogP contribution in [0.2, 0.25) is 0 Å². The highest BCUT2D eigenvalue weighted by Crippen LogP contribution is 2.37. The first-order valence-electron chi connectivity index (χ1n) is 8.27. The summed E-state index contributed by atoms with van der Waals surface area (Å²) in [5.41, 5.74) is 1.52. The molecule has 1 amide bonds. The van der Waals surface area contributed by atoms with E-state index in [-0.39, 0.29) is 24.2 Å². The molecule has 1 atom stereocenters. The number of nitrogens with zero attached hydrogens (tertiary/aromatic N) is 1. The highest BCUT2D eigenvalue weighted by molar-refractivity contribution is 5.85. The highest BCUT2D eigenvalue weighted by atomic mass is 35.5. The first-order valence-corrected chi connectivity index (χ1v) is 8.27. The van der Waals surface area contributed by atoms with Gasteiger partial charge in [-0.25, -0.2) is 0 Å². The van der Waals surface area contributed by atoms with E-state index in [9.17, 15) is 4.79 Å². The lowest BCUT2D eigenvalue weighted by molar-refractivity contribution is -0.134. The maximum atomic E-state index is 12.7. The Hall–Kier alpha value is -1.26. The molecule has 5 heteroatoms. The Balaban J connectivity index is 0.00000192. The number of carbonyl (C=O) groups excluding carboxylic acids is 1. The van der Waals surface area contributed by atoms with E-state index in [1.807, 2.05) is 31.2 Å². The zero-order chi connectivity index (χ0) is 15.6. The summed E-state index contributed by atoms with van der Waals surface area (Å²) in [4.78, 5) is 14.8. The van der Waals surface area contributed by atoms with Gasteiger partial charge in [-0.15, -0.1) is 12.4 Å². The maximum absolute atomic E-state index is 12.7. The number of hydrogen-bond acceptors (Lipinski definition) is 3. The van der Waals surface area contributed by atoms with Crippen molar-refractivity contribution in [3.63, 3.8) is 0 Å². The molecule has 128 valence electrons. The first kappa shape index (κ1) is 18.1. The minimum atomic E-state index is -0.0818. The molecular weight excluding hydrogens is 312 g/mol. The van der Waals surface area contributed by atoms with Crippen molar-refractivity contribution in [2.24, 2.45) is 5.41 Å². The van der Waals surface area contributed by atoms with E-state index in [1.54, 1.807) is 7.11 Å². The number of likely N-dealkylation sites (tertiary alicyclic amines) is 1. The predicted octanol–water partition coefficient (Wildman–Crippen LogP) is 2.82. The monoisotopic (exact) mass is 338 g/mol. The molecule has 1 aromatic rings. The molecule has 0 saturated carbocycles. The Morgan fingerprint density at radius 3 is 2.39 bits per heavy atom. The van der Waals surface area contributed by atoms with Gasteiger partial charge in [-0.05, 0) is 55.8 Å². The summed E-state index contributed by atoms with van der Waals surface area (Å²) in [7, 11) is 1.66. The van der Waals surface area contributed by atoms with Crippen LogP contribution in [0.4, 0.5) is 0 Å². The maximum Gasteiger partial charge on any atom is 0.229 e. The number of carbonyl (C=O) groups is 1. The van der Waals surface area contributed by atoms with E-state index in [4.69, 9.17) is 4.74 Å². The zero-order valence-electron chi connectivity index (χ0n) is 14.0. The fraction of sp³-hybridized carbons (Fsp3) is 0.611. The van der Waals surface area contributed by atoms with E-state index >= 15 is 0 Å². The summed E-state index contributed by atoms with van der Waals surface area (Å²) in [6.07, 6.45) is 3.55. The number of hydrogen-bond donors (Lipinski definition) is 1. The number of benzene rings is 1. The van der Waals surface area contributed by atoms with Gasteiger partial charge in [0.15, 0.2) is 0 Å². The summed E-state index contributed by atoms with van der Waals surface area (Å²) in [5, 5.41) is 3.47. The number of methoxy groups -OCH3 is 1. The summed E-state index contributed by atoms with van der Waals surface area (Å²) < 4.78 is 5.18. The van der Waals surface area contributed by atoms with Gasteiger partial charge in [0.05, 0.1) is 13.0 Å². The van der Waals surface area contributed by atoms with Crippen LogP contribution in [0.25, 0.3) is 0 Å². The van der Waals surface area contributed by atoms with E-state index in [1.165, 1.54) is 6.42 Å². The van der Waals surface area contributed by atoms with Crippen molar-refractivity contribution in [2.45, 2.75) is 32.1 Å². The molecule has 1 N–H and O–H groups in total. The van der Waals surface area contributed by atoms with Crippen LogP contribution < -0.4 is 10.1 Å². The van der Waals surface area contributed by atoms with Gasteiger partial charge in [0.2, 0.25) is 5.91 Å². The van der Waals surface area contributed by atoms with Crippen molar-refractivity contribution in [1.82, 2.24) is 10.2 Å². The third kappa shape index (κ3) is 3.81. The number of rotatable bonds is 3. The molecule has 0 aliphatic carbocycles. The normalized spacial score (nSPS) is 20.9. The van der Waals surface area contributed by atoms with Crippen molar-refractivity contribution in [3.8, 4) is 5.75 Å². The van der Waals surface area contributed by atoms with E-state index < -0.39 is 0 Å². The number of ether oxygens (including phenoxy) is 1. The fourth-order valence-electron chi connectivity index (χ4n) is 3.73. The highest BCUT2D eigenvalue weighted by Gasteiger charge is 2.38. The van der Waals surface area contributed by atoms with Gasteiger partial charge >= 0.3 is 0 Å². The van der Waals surface area contributed by atoms with Crippen LogP contribution in [0.3, 0.4) is 0 Å². The van der Waals surface area contributed by atoms with Crippen LogP contribution in [0.15, 0.2) is 24.3 Å². The van der Waals surface area contributed by atoms with Crippen molar-refractivity contribution in [1.29, 1.82) is 0 Å². The van der Waals surface area contributed by atoms with Crippen molar-refractivity contribution < 1.29 is 9.53 Å². The molecule has 1 aromatic carbocycles. The van der Waals surface area contributed by atoms with E-state index in [0.717, 1.165) is 50.3 Å². The molecule has 0 aromatic heterocycles. The van der Waals surface area contributed by atoms with Crippen molar-refractivity contribution in [3.05, 3.63) is 29.8 Å². The standard InChI is InChI=1S/C18H26N2O2.ClH/c1-14(15-3-5-16(22-2)6-4-15)17(21)20-11-8-18(9-12-20)7-10-19-13-18;/h3-6,14,19H,7-13H2,1-2H3;1H. The van der Waals surface area contributed by atoms with Crippen LogP contribution in [0, 0.1) is 5.41 Å². The molecule has 1 spiro atoms. The van der Waals surface area contributed by atoms with Crippen molar-refractivity contribution >= 4 is 18.3 Å². The van der Waals surface area contributed by atoms with Crippen LogP contribution in [-0.2, 0) is 4.79 Å². The molecule has 2 saturated heterocycles. The lowest BCUT2D eigenvalue weighted by atomic mass is 9.77. The topological polar surface area (TPSA) is 41.6 Å². The summed E-state index contributed by atoms with van der Waals surface area (Å²) >= 11 is 0. The largest absolute Gasteiger partial charge is 0.497 e. The minimum absolute atomic E-state index is 0. The van der Waals surface area contributed by atoms with E-state index in [2.05, 4.69) is 10.2 Å². The molecular formula is C18H27ClN2O2. The quantitative estimate of drug-likeness (QED) is 0.921.